The number of carbonyl (C=O) groups is 1. The van der Waals surface area contributed by atoms with Crippen molar-refractivity contribution < 1.29 is 19.4 Å². The number of anilines is 1. The van der Waals surface area contributed by atoms with E-state index in [2.05, 4.69) is 15.5 Å². The summed E-state index contributed by atoms with van der Waals surface area (Å²) in [7, 11) is 1.58. The number of aliphatic carboxylic acids is 1. The number of methoxy groups -OCH3 is 1. The number of aromatic nitrogens is 2. The third-order valence-electron chi connectivity index (χ3n) is 3.60. The maximum atomic E-state index is 10.8. The Morgan fingerprint density at radius 2 is 1.72 bits per heavy atom. The average molecular weight is 339 g/mol. The molecular weight excluding hydrogens is 322 g/mol. The maximum Gasteiger partial charge on any atom is 0.322 e. The van der Waals surface area contributed by atoms with Gasteiger partial charge in [-0.05, 0) is 12.1 Å². The lowest BCUT2D eigenvalue weighted by Crippen LogP contribution is -2.14. The minimum Gasteiger partial charge on any atom is -0.493 e. The van der Waals surface area contributed by atoms with Crippen molar-refractivity contribution in [3.05, 3.63) is 54.2 Å². The molecule has 0 radical (unpaired) electrons. The highest BCUT2D eigenvalue weighted by Crippen LogP contribution is 2.28. The van der Waals surface area contributed by atoms with E-state index in [0.717, 1.165) is 10.8 Å². The van der Waals surface area contributed by atoms with Crippen LogP contribution in [0.2, 0.25) is 0 Å². The Balaban J connectivity index is 1.87. The van der Waals surface area contributed by atoms with Gasteiger partial charge in [0.15, 0.2) is 17.3 Å². The Morgan fingerprint density at radius 1 is 1.04 bits per heavy atom. The maximum absolute atomic E-state index is 10.8. The quantitative estimate of drug-likeness (QED) is 0.683. The van der Waals surface area contributed by atoms with Crippen LogP contribution in [0.5, 0.6) is 11.5 Å². The number of benzene rings is 2. The fraction of sp³-hybridized carbons (Fsp3) is 0.167. The van der Waals surface area contributed by atoms with Crippen LogP contribution in [0.3, 0.4) is 0 Å². The van der Waals surface area contributed by atoms with E-state index in [9.17, 15) is 4.79 Å². The van der Waals surface area contributed by atoms with Gasteiger partial charge >= 0.3 is 5.97 Å². The number of rotatable bonds is 7. The summed E-state index contributed by atoms with van der Waals surface area (Å²) in [6.07, 6.45) is 0. The molecule has 0 amide bonds. The molecule has 0 aliphatic heterocycles. The number of para-hydroxylation sites is 2. The van der Waals surface area contributed by atoms with E-state index in [-0.39, 0.29) is 13.2 Å². The fourth-order valence-corrected chi connectivity index (χ4v) is 2.44. The predicted molar refractivity (Wildman–Crippen MR) is 93.0 cm³/mol. The van der Waals surface area contributed by atoms with Crippen LogP contribution in [0.25, 0.3) is 10.8 Å². The second-order valence-corrected chi connectivity index (χ2v) is 5.23. The number of fused-ring (bicyclic) bond motifs is 1. The molecule has 3 aromatic rings. The van der Waals surface area contributed by atoms with Gasteiger partial charge in [-0.2, -0.15) is 0 Å². The first-order valence-corrected chi connectivity index (χ1v) is 7.65. The molecule has 0 unspecified atom stereocenters. The lowest BCUT2D eigenvalue weighted by atomic mass is 10.1. The Morgan fingerprint density at radius 3 is 2.44 bits per heavy atom. The molecule has 0 aliphatic rings. The lowest BCUT2D eigenvalue weighted by molar-refractivity contribution is -0.134. The average Bonchev–Trinajstić information content (AvgIpc) is 2.65. The number of hydrogen-bond donors (Lipinski definition) is 2. The molecule has 0 aliphatic carbocycles. The van der Waals surface area contributed by atoms with Crippen molar-refractivity contribution in [2.24, 2.45) is 0 Å². The van der Waals surface area contributed by atoms with Crippen molar-refractivity contribution in [2.75, 3.05) is 19.0 Å². The smallest absolute Gasteiger partial charge is 0.322 e. The van der Waals surface area contributed by atoms with Crippen molar-refractivity contribution in [3.63, 3.8) is 0 Å². The zero-order valence-electron chi connectivity index (χ0n) is 13.6. The molecule has 2 N–H and O–H groups in total. The lowest BCUT2D eigenvalue weighted by Gasteiger charge is -2.12. The summed E-state index contributed by atoms with van der Waals surface area (Å²) in [6, 6.07) is 14.9. The summed E-state index contributed by atoms with van der Waals surface area (Å²) in [4.78, 5) is 10.8. The standard InChI is InChI=1S/C18H17N3O4/c1-24-15-8-4-5-9-16(15)25-11-14-12-6-2-3-7-13(12)18(21-20-14)19-10-17(22)23/h2-9H,10-11H2,1H3,(H,19,21)(H,22,23). The molecule has 25 heavy (non-hydrogen) atoms. The van der Waals surface area contributed by atoms with Crippen LogP contribution in [0.1, 0.15) is 5.69 Å². The van der Waals surface area contributed by atoms with Gasteiger partial charge in [-0.15, -0.1) is 10.2 Å². The molecule has 7 heteroatoms. The van der Waals surface area contributed by atoms with Crippen LogP contribution in [0.4, 0.5) is 5.82 Å². The monoisotopic (exact) mass is 339 g/mol. The SMILES string of the molecule is COc1ccccc1OCc1nnc(NCC(=O)O)c2ccccc12. The van der Waals surface area contributed by atoms with Crippen molar-refractivity contribution >= 4 is 22.6 Å². The van der Waals surface area contributed by atoms with Gasteiger partial charge in [-0.25, -0.2) is 0 Å². The van der Waals surface area contributed by atoms with Crippen molar-refractivity contribution in [1.29, 1.82) is 0 Å². The van der Waals surface area contributed by atoms with Crippen LogP contribution in [-0.4, -0.2) is 34.9 Å². The molecule has 128 valence electrons. The first-order chi connectivity index (χ1) is 12.2. The number of carboxylic acids is 1. The van der Waals surface area contributed by atoms with E-state index in [4.69, 9.17) is 14.6 Å². The molecule has 1 aromatic heterocycles. The molecule has 0 saturated heterocycles. The van der Waals surface area contributed by atoms with Crippen LogP contribution < -0.4 is 14.8 Å². The van der Waals surface area contributed by atoms with Crippen molar-refractivity contribution in [3.8, 4) is 11.5 Å². The van der Waals surface area contributed by atoms with E-state index < -0.39 is 5.97 Å². The van der Waals surface area contributed by atoms with Gasteiger partial charge in [0, 0.05) is 10.8 Å². The normalized spacial score (nSPS) is 10.4. The molecule has 0 bridgehead atoms. The van der Waals surface area contributed by atoms with Gasteiger partial charge in [-0.1, -0.05) is 36.4 Å². The van der Waals surface area contributed by atoms with Gasteiger partial charge in [0.1, 0.15) is 18.8 Å². The number of nitrogens with zero attached hydrogens (tertiary/aromatic N) is 2. The second kappa shape index (κ2) is 7.48. The second-order valence-electron chi connectivity index (χ2n) is 5.23. The van der Waals surface area contributed by atoms with Gasteiger partial charge in [0.25, 0.3) is 0 Å². The third kappa shape index (κ3) is 3.77. The molecular formula is C18H17N3O4. The summed E-state index contributed by atoms with van der Waals surface area (Å²) in [5.41, 5.74) is 0.655. The highest BCUT2D eigenvalue weighted by atomic mass is 16.5. The van der Waals surface area contributed by atoms with Crippen LogP contribution in [-0.2, 0) is 11.4 Å². The van der Waals surface area contributed by atoms with Crippen LogP contribution in [0.15, 0.2) is 48.5 Å². The summed E-state index contributed by atoms with van der Waals surface area (Å²) >= 11 is 0. The Kier molecular flexibility index (Phi) is 4.94. The first kappa shape index (κ1) is 16.5. The van der Waals surface area contributed by atoms with E-state index in [1.165, 1.54) is 0 Å². The summed E-state index contributed by atoms with van der Waals surface area (Å²) in [5.74, 6) is 0.719. The van der Waals surface area contributed by atoms with E-state index in [1.807, 2.05) is 48.5 Å². The van der Waals surface area contributed by atoms with E-state index >= 15 is 0 Å². The van der Waals surface area contributed by atoms with Gasteiger partial charge < -0.3 is 19.9 Å². The number of hydrogen-bond acceptors (Lipinski definition) is 6. The number of ether oxygens (including phenoxy) is 2. The zero-order valence-corrected chi connectivity index (χ0v) is 13.6. The Hall–Kier alpha value is -3.35. The summed E-state index contributed by atoms with van der Waals surface area (Å²) in [6.45, 7) is -0.0111. The first-order valence-electron chi connectivity index (χ1n) is 7.65. The fourth-order valence-electron chi connectivity index (χ4n) is 2.44. The largest absolute Gasteiger partial charge is 0.493 e. The molecule has 0 fully saturated rings. The van der Waals surface area contributed by atoms with Gasteiger partial charge in [0.05, 0.1) is 7.11 Å². The van der Waals surface area contributed by atoms with Crippen molar-refractivity contribution in [1.82, 2.24) is 10.2 Å². The van der Waals surface area contributed by atoms with E-state index in [1.54, 1.807) is 7.11 Å². The number of carboxylic acid groups (broad SMARTS) is 1. The Bertz CT molecular complexity index is 898. The molecule has 0 saturated carbocycles. The highest BCUT2D eigenvalue weighted by molar-refractivity contribution is 5.93. The predicted octanol–water partition coefficient (Wildman–Crippen LogP) is 2.71. The van der Waals surface area contributed by atoms with E-state index in [0.29, 0.717) is 23.0 Å². The topological polar surface area (TPSA) is 93.6 Å². The number of nitrogens with one attached hydrogen (secondary N) is 1. The molecule has 3 rings (SSSR count). The molecule has 0 spiro atoms. The highest BCUT2D eigenvalue weighted by Gasteiger charge is 2.11. The van der Waals surface area contributed by atoms with Crippen LogP contribution >= 0.6 is 0 Å². The molecule has 0 atom stereocenters. The summed E-state index contributed by atoms with van der Waals surface area (Å²) in [5, 5.41) is 21.5. The molecule has 1 heterocycles. The van der Waals surface area contributed by atoms with Gasteiger partial charge in [-0.3, -0.25) is 4.79 Å². The minimum atomic E-state index is -0.963. The minimum absolute atomic E-state index is 0.215. The third-order valence-corrected chi connectivity index (χ3v) is 3.60. The Labute approximate surface area is 144 Å². The molecule has 7 nitrogen and oxygen atoms in total. The summed E-state index contributed by atoms with van der Waals surface area (Å²) < 4.78 is 11.1. The van der Waals surface area contributed by atoms with Gasteiger partial charge in [0.2, 0.25) is 0 Å². The zero-order chi connectivity index (χ0) is 17.6. The van der Waals surface area contributed by atoms with Crippen LogP contribution in [0, 0.1) is 0 Å². The van der Waals surface area contributed by atoms with Crippen molar-refractivity contribution in [2.45, 2.75) is 6.61 Å². The molecule has 2 aromatic carbocycles.